The van der Waals surface area contributed by atoms with Crippen molar-refractivity contribution in [2.45, 2.75) is 39.3 Å². The third-order valence-electron chi connectivity index (χ3n) is 3.04. The minimum Gasteiger partial charge on any atom is -0.381 e. The van der Waals surface area contributed by atoms with Crippen molar-refractivity contribution >= 4 is 0 Å². The highest BCUT2D eigenvalue weighted by Crippen LogP contribution is 2.23. The maximum atomic E-state index is 5.77. The summed E-state index contributed by atoms with van der Waals surface area (Å²) in [6, 6.07) is 0.201. The molecule has 0 aromatic carbocycles. The molecule has 0 radical (unpaired) electrons. The Labute approximate surface area is 92.5 Å². The Morgan fingerprint density at radius 3 is 2.67 bits per heavy atom. The van der Waals surface area contributed by atoms with Gasteiger partial charge in [0.25, 0.3) is 0 Å². The van der Waals surface area contributed by atoms with Crippen molar-refractivity contribution in [1.29, 1.82) is 0 Å². The normalized spacial score (nSPS) is 25.8. The molecule has 1 aliphatic heterocycles. The molecule has 0 amide bonds. The summed E-state index contributed by atoms with van der Waals surface area (Å²) in [4.78, 5) is 0. The number of hydrazine groups is 1. The molecule has 0 spiro atoms. The van der Waals surface area contributed by atoms with Crippen LogP contribution in [0.2, 0.25) is 0 Å². The van der Waals surface area contributed by atoms with Gasteiger partial charge in [0.2, 0.25) is 0 Å². The Morgan fingerprint density at radius 1 is 1.53 bits per heavy atom. The average molecular weight is 216 g/mol. The highest BCUT2D eigenvalue weighted by molar-refractivity contribution is 4.86. The number of hydrogen-bond acceptors (Lipinski definition) is 4. The van der Waals surface area contributed by atoms with Crippen LogP contribution in [-0.4, -0.2) is 32.0 Å². The van der Waals surface area contributed by atoms with Crippen LogP contribution >= 0.6 is 0 Å². The fraction of sp³-hybridized carbons (Fsp3) is 1.00. The van der Waals surface area contributed by atoms with Crippen molar-refractivity contribution in [1.82, 2.24) is 5.43 Å². The van der Waals surface area contributed by atoms with Gasteiger partial charge in [-0.1, -0.05) is 13.8 Å². The van der Waals surface area contributed by atoms with Gasteiger partial charge in [0, 0.05) is 19.1 Å². The summed E-state index contributed by atoms with van der Waals surface area (Å²) in [5.74, 6) is 6.58. The van der Waals surface area contributed by atoms with Gasteiger partial charge < -0.3 is 9.47 Å². The number of hydrogen-bond donors (Lipinski definition) is 2. The quantitative estimate of drug-likeness (QED) is 0.512. The van der Waals surface area contributed by atoms with E-state index in [1.54, 1.807) is 0 Å². The molecule has 0 aromatic rings. The molecule has 0 aliphatic carbocycles. The molecular weight excluding hydrogens is 192 g/mol. The van der Waals surface area contributed by atoms with Gasteiger partial charge in [-0.05, 0) is 19.3 Å². The third kappa shape index (κ3) is 3.41. The first-order valence-corrected chi connectivity index (χ1v) is 5.86. The molecule has 15 heavy (non-hydrogen) atoms. The largest absolute Gasteiger partial charge is 0.381 e. The van der Waals surface area contributed by atoms with E-state index in [0.29, 0.717) is 11.8 Å². The average Bonchev–Trinajstić information content (AvgIpc) is 2.71. The van der Waals surface area contributed by atoms with Gasteiger partial charge in [0.15, 0.2) is 0 Å². The molecule has 3 unspecified atom stereocenters. The van der Waals surface area contributed by atoms with Crippen molar-refractivity contribution < 1.29 is 9.47 Å². The van der Waals surface area contributed by atoms with E-state index in [-0.39, 0.29) is 12.1 Å². The summed E-state index contributed by atoms with van der Waals surface area (Å²) < 4.78 is 11.2. The lowest BCUT2D eigenvalue weighted by Gasteiger charge is -2.32. The summed E-state index contributed by atoms with van der Waals surface area (Å²) in [6.45, 7) is 8.73. The molecule has 1 rings (SSSR count). The Morgan fingerprint density at radius 2 is 2.27 bits per heavy atom. The standard InChI is InChI=1S/C11H24N2O2/c1-4-15-11(8(2)3)10(13-12)9-5-6-14-7-9/h8-11,13H,4-7,12H2,1-3H3. The van der Waals surface area contributed by atoms with Crippen LogP contribution < -0.4 is 11.3 Å². The second kappa shape index (κ2) is 6.43. The lowest BCUT2D eigenvalue weighted by atomic mass is 9.89. The zero-order valence-electron chi connectivity index (χ0n) is 10.0. The maximum absolute atomic E-state index is 5.77. The summed E-state index contributed by atoms with van der Waals surface area (Å²) in [5.41, 5.74) is 2.91. The third-order valence-corrected chi connectivity index (χ3v) is 3.04. The van der Waals surface area contributed by atoms with Crippen LogP contribution in [0.5, 0.6) is 0 Å². The molecule has 90 valence electrons. The number of nitrogens with one attached hydrogen (secondary N) is 1. The van der Waals surface area contributed by atoms with Crippen LogP contribution in [0.3, 0.4) is 0 Å². The molecule has 4 nitrogen and oxygen atoms in total. The first-order valence-electron chi connectivity index (χ1n) is 5.86. The van der Waals surface area contributed by atoms with Gasteiger partial charge in [-0.3, -0.25) is 11.3 Å². The van der Waals surface area contributed by atoms with Crippen LogP contribution in [0.15, 0.2) is 0 Å². The molecule has 0 aromatic heterocycles. The van der Waals surface area contributed by atoms with E-state index in [2.05, 4.69) is 19.3 Å². The molecule has 4 heteroatoms. The van der Waals surface area contributed by atoms with Gasteiger partial charge in [0.1, 0.15) is 0 Å². The summed E-state index contributed by atoms with van der Waals surface area (Å²) in [5, 5.41) is 0. The molecule has 3 atom stereocenters. The molecular formula is C11H24N2O2. The van der Waals surface area contributed by atoms with Crippen LogP contribution in [-0.2, 0) is 9.47 Å². The molecule has 0 saturated carbocycles. The van der Waals surface area contributed by atoms with Crippen LogP contribution in [0.4, 0.5) is 0 Å². The molecule has 1 saturated heterocycles. The van der Waals surface area contributed by atoms with E-state index in [9.17, 15) is 0 Å². The SMILES string of the molecule is CCOC(C(C)C)C(NN)C1CCOC1. The Balaban J connectivity index is 2.59. The predicted molar refractivity (Wildman–Crippen MR) is 60.3 cm³/mol. The predicted octanol–water partition coefficient (Wildman–Crippen LogP) is 0.916. The van der Waals surface area contributed by atoms with Crippen LogP contribution in [0.25, 0.3) is 0 Å². The van der Waals surface area contributed by atoms with Crippen molar-refractivity contribution in [3.05, 3.63) is 0 Å². The zero-order valence-corrected chi connectivity index (χ0v) is 10.0. The van der Waals surface area contributed by atoms with E-state index in [1.165, 1.54) is 0 Å². The molecule has 1 heterocycles. The first kappa shape index (κ1) is 12.9. The fourth-order valence-corrected chi connectivity index (χ4v) is 2.24. The second-order valence-corrected chi connectivity index (χ2v) is 4.48. The summed E-state index contributed by atoms with van der Waals surface area (Å²) in [7, 11) is 0. The van der Waals surface area contributed by atoms with Gasteiger partial charge >= 0.3 is 0 Å². The highest BCUT2D eigenvalue weighted by Gasteiger charge is 2.33. The smallest absolute Gasteiger partial charge is 0.0767 e. The topological polar surface area (TPSA) is 56.5 Å². The molecule has 1 fully saturated rings. The zero-order chi connectivity index (χ0) is 11.3. The summed E-state index contributed by atoms with van der Waals surface area (Å²) >= 11 is 0. The summed E-state index contributed by atoms with van der Waals surface area (Å²) in [6.07, 6.45) is 1.25. The Bertz CT molecular complexity index is 170. The van der Waals surface area contributed by atoms with Crippen molar-refractivity contribution in [3.8, 4) is 0 Å². The first-order chi connectivity index (χ1) is 7.20. The van der Waals surface area contributed by atoms with Crippen molar-refractivity contribution in [2.24, 2.45) is 17.7 Å². The van der Waals surface area contributed by atoms with Crippen LogP contribution in [0.1, 0.15) is 27.2 Å². The van der Waals surface area contributed by atoms with E-state index < -0.39 is 0 Å². The minimum atomic E-state index is 0.173. The van der Waals surface area contributed by atoms with E-state index >= 15 is 0 Å². The lowest BCUT2D eigenvalue weighted by Crippen LogP contribution is -2.52. The second-order valence-electron chi connectivity index (χ2n) is 4.48. The maximum Gasteiger partial charge on any atom is 0.0767 e. The highest BCUT2D eigenvalue weighted by atomic mass is 16.5. The lowest BCUT2D eigenvalue weighted by molar-refractivity contribution is -0.0131. The van der Waals surface area contributed by atoms with Gasteiger partial charge in [0.05, 0.1) is 18.8 Å². The van der Waals surface area contributed by atoms with Gasteiger partial charge in [-0.25, -0.2) is 0 Å². The van der Waals surface area contributed by atoms with E-state index in [1.807, 2.05) is 6.92 Å². The molecule has 1 aliphatic rings. The van der Waals surface area contributed by atoms with Crippen molar-refractivity contribution in [2.75, 3.05) is 19.8 Å². The molecule has 3 N–H and O–H groups in total. The number of ether oxygens (including phenoxy) is 2. The number of nitrogens with two attached hydrogens (primary N) is 1. The fourth-order valence-electron chi connectivity index (χ4n) is 2.24. The van der Waals surface area contributed by atoms with E-state index in [0.717, 1.165) is 26.2 Å². The minimum absolute atomic E-state index is 0.173. The van der Waals surface area contributed by atoms with Crippen LogP contribution in [0, 0.1) is 11.8 Å². The molecule has 0 bridgehead atoms. The monoisotopic (exact) mass is 216 g/mol. The Kier molecular flexibility index (Phi) is 5.53. The van der Waals surface area contributed by atoms with E-state index in [4.69, 9.17) is 15.3 Å². The number of rotatable bonds is 6. The van der Waals surface area contributed by atoms with Gasteiger partial charge in [-0.2, -0.15) is 0 Å². The Hall–Kier alpha value is -0.160. The van der Waals surface area contributed by atoms with Gasteiger partial charge in [-0.15, -0.1) is 0 Å². The van der Waals surface area contributed by atoms with Crippen molar-refractivity contribution in [3.63, 3.8) is 0 Å².